The van der Waals surface area contributed by atoms with Crippen molar-refractivity contribution in [2.24, 2.45) is 10.4 Å². The quantitative estimate of drug-likeness (QED) is 0.238. The first-order valence-electron chi connectivity index (χ1n) is 14.3. The van der Waals surface area contributed by atoms with E-state index in [4.69, 9.17) is 0 Å². The summed E-state index contributed by atoms with van der Waals surface area (Å²) >= 11 is 0. The molecule has 3 aromatic rings. The van der Waals surface area contributed by atoms with Gasteiger partial charge in [0.1, 0.15) is 5.41 Å². The molecule has 0 radical (unpaired) electrons. The van der Waals surface area contributed by atoms with Crippen molar-refractivity contribution < 1.29 is 14.4 Å². The zero-order valence-corrected chi connectivity index (χ0v) is 24.2. The smallest absolute Gasteiger partial charge is 0.311 e. The summed E-state index contributed by atoms with van der Waals surface area (Å²) in [5, 5.41) is 26.3. The van der Waals surface area contributed by atoms with Crippen LogP contribution < -0.4 is 20.9 Å². The number of carbonyl (C=O) groups excluding carboxylic acids is 3. The molecule has 1 saturated heterocycles. The van der Waals surface area contributed by atoms with E-state index in [-0.39, 0.29) is 5.96 Å². The Hall–Kier alpha value is -5.48. The molecular formula is C33H33N7O3. The number of amides is 4. The summed E-state index contributed by atoms with van der Waals surface area (Å²) in [6, 6.07) is 24.7. The molecule has 1 aliphatic rings. The van der Waals surface area contributed by atoms with E-state index in [1.165, 1.54) is 0 Å². The molecule has 0 spiro atoms. The van der Waals surface area contributed by atoms with Gasteiger partial charge in [-0.15, -0.1) is 0 Å². The number of nitriles is 2. The van der Waals surface area contributed by atoms with Crippen molar-refractivity contribution in [1.82, 2.24) is 10.6 Å². The Morgan fingerprint density at radius 3 is 1.58 bits per heavy atom. The molecule has 43 heavy (non-hydrogen) atoms. The Kier molecular flexibility index (Phi) is 9.87. The van der Waals surface area contributed by atoms with Gasteiger partial charge in [-0.3, -0.25) is 20.2 Å². The van der Waals surface area contributed by atoms with Crippen LogP contribution in [0.4, 0.5) is 27.5 Å². The second-order valence-corrected chi connectivity index (χ2v) is 10.3. The van der Waals surface area contributed by atoms with Crippen molar-refractivity contribution in [3.05, 3.63) is 83.9 Å². The summed E-state index contributed by atoms with van der Waals surface area (Å²) < 4.78 is 0. The van der Waals surface area contributed by atoms with E-state index >= 15 is 0 Å². The van der Waals surface area contributed by atoms with E-state index in [2.05, 4.69) is 33.1 Å². The summed E-state index contributed by atoms with van der Waals surface area (Å²) in [6.07, 6.45) is 4.07. The molecule has 1 aliphatic heterocycles. The van der Waals surface area contributed by atoms with Crippen LogP contribution in [0.25, 0.3) is 0 Å². The molecule has 0 atom stereocenters. The first-order chi connectivity index (χ1) is 20.8. The van der Waals surface area contributed by atoms with Crippen molar-refractivity contribution in [1.29, 1.82) is 10.5 Å². The van der Waals surface area contributed by atoms with Gasteiger partial charge in [-0.05, 0) is 85.6 Å². The maximum atomic E-state index is 13.1. The number of guanidine groups is 1. The molecule has 3 N–H and O–H groups in total. The highest BCUT2D eigenvalue weighted by Crippen LogP contribution is 2.36. The van der Waals surface area contributed by atoms with Crippen molar-refractivity contribution in [2.45, 2.75) is 52.4 Å². The molecule has 4 amide bonds. The lowest BCUT2D eigenvalue weighted by atomic mass is 9.75. The first kappa shape index (κ1) is 30.5. The summed E-state index contributed by atoms with van der Waals surface area (Å²) in [5.74, 6) is -1.06. The number of unbranched alkanes of at least 4 members (excludes halogenated alkanes) is 2. The van der Waals surface area contributed by atoms with Crippen LogP contribution in [0.15, 0.2) is 77.8 Å². The standard InChI is InChI=1S/C33H33N7O3/c1-3-5-19-33(20-6-4-2)29(41)37-31(38-30(33)42)39-32(43)36-25-11-17-28(18-12-25)40(26-13-7-23(21-34)8-14-26)27-15-9-24(22-35)10-16-27/h7-18H,3-6,19-20H2,1-2H3,(H3,36,37,38,39,41,42,43). The van der Waals surface area contributed by atoms with E-state index in [1.807, 2.05) is 43.0 Å². The SMILES string of the molecule is CCCCC1(CCCC)C(=O)NC(=NC(=O)Nc2ccc(N(c3ccc(C#N)cc3)c3ccc(C#N)cc3)cc2)NC1=O. The minimum absolute atomic E-state index is 0.194. The Morgan fingerprint density at radius 2 is 1.19 bits per heavy atom. The number of nitrogens with zero attached hydrogens (tertiary/aromatic N) is 4. The molecule has 10 heteroatoms. The summed E-state index contributed by atoms with van der Waals surface area (Å²) in [6.45, 7) is 4.01. The van der Waals surface area contributed by atoms with E-state index < -0.39 is 23.3 Å². The second-order valence-electron chi connectivity index (χ2n) is 10.3. The molecule has 0 aromatic heterocycles. The van der Waals surface area contributed by atoms with Gasteiger partial charge in [0.2, 0.25) is 17.8 Å². The van der Waals surface area contributed by atoms with Crippen molar-refractivity contribution in [3.63, 3.8) is 0 Å². The van der Waals surface area contributed by atoms with Crippen LogP contribution in [0.5, 0.6) is 0 Å². The summed E-state index contributed by atoms with van der Waals surface area (Å²) in [4.78, 5) is 44.7. The van der Waals surface area contributed by atoms with Gasteiger partial charge in [-0.1, -0.05) is 39.5 Å². The van der Waals surface area contributed by atoms with Gasteiger partial charge in [-0.25, -0.2) is 4.79 Å². The maximum Gasteiger partial charge on any atom is 0.348 e. The number of hydrogen-bond acceptors (Lipinski definition) is 6. The minimum atomic E-state index is -1.16. The van der Waals surface area contributed by atoms with Crippen molar-refractivity contribution in [3.8, 4) is 12.1 Å². The number of benzene rings is 3. The van der Waals surface area contributed by atoms with E-state index in [0.29, 0.717) is 29.7 Å². The van der Waals surface area contributed by atoms with E-state index in [1.54, 1.807) is 48.5 Å². The first-order valence-corrected chi connectivity index (χ1v) is 14.3. The van der Waals surface area contributed by atoms with Crippen LogP contribution >= 0.6 is 0 Å². The van der Waals surface area contributed by atoms with Crippen molar-refractivity contribution in [2.75, 3.05) is 10.2 Å². The van der Waals surface area contributed by atoms with Gasteiger partial charge in [0.25, 0.3) is 0 Å². The zero-order valence-electron chi connectivity index (χ0n) is 24.2. The number of nitrogens with one attached hydrogen (secondary N) is 3. The lowest BCUT2D eigenvalue weighted by molar-refractivity contribution is -0.145. The molecule has 1 heterocycles. The predicted octanol–water partition coefficient (Wildman–Crippen LogP) is 6.40. The normalized spacial score (nSPS) is 13.6. The summed E-state index contributed by atoms with van der Waals surface area (Å²) in [7, 11) is 0. The predicted molar refractivity (Wildman–Crippen MR) is 165 cm³/mol. The molecule has 10 nitrogen and oxygen atoms in total. The van der Waals surface area contributed by atoms with Gasteiger partial charge in [0.05, 0.1) is 23.3 Å². The van der Waals surface area contributed by atoms with Crippen molar-refractivity contribution >= 4 is 46.6 Å². The Morgan fingerprint density at radius 1 is 0.767 bits per heavy atom. The van der Waals surface area contributed by atoms with Crippen LogP contribution in [-0.4, -0.2) is 23.8 Å². The van der Waals surface area contributed by atoms with E-state index in [9.17, 15) is 24.9 Å². The van der Waals surface area contributed by atoms with Crippen LogP contribution in [-0.2, 0) is 9.59 Å². The minimum Gasteiger partial charge on any atom is -0.311 e. The molecule has 0 aliphatic carbocycles. The largest absolute Gasteiger partial charge is 0.348 e. The Labute approximate surface area is 251 Å². The highest BCUT2D eigenvalue weighted by atomic mass is 16.2. The number of carbonyl (C=O) groups is 3. The molecule has 218 valence electrons. The third-order valence-electron chi connectivity index (χ3n) is 7.35. The van der Waals surface area contributed by atoms with Crippen LogP contribution in [0.3, 0.4) is 0 Å². The fourth-order valence-electron chi connectivity index (χ4n) is 4.94. The molecule has 0 saturated carbocycles. The van der Waals surface area contributed by atoms with E-state index in [0.717, 1.165) is 42.7 Å². The molecular weight excluding hydrogens is 542 g/mol. The number of aliphatic imine (C=N–C) groups is 1. The van der Waals surface area contributed by atoms with Gasteiger partial charge < -0.3 is 10.2 Å². The number of anilines is 4. The fraction of sp³-hybridized carbons (Fsp3) is 0.273. The zero-order chi connectivity index (χ0) is 30.8. The highest BCUT2D eigenvalue weighted by molar-refractivity contribution is 6.22. The fourth-order valence-corrected chi connectivity index (χ4v) is 4.94. The molecule has 3 aromatic carbocycles. The average molecular weight is 576 g/mol. The number of rotatable bonds is 10. The highest BCUT2D eigenvalue weighted by Gasteiger charge is 2.48. The van der Waals surface area contributed by atoms with Gasteiger partial charge in [0, 0.05) is 22.7 Å². The van der Waals surface area contributed by atoms with Crippen LogP contribution in [0.1, 0.15) is 63.5 Å². The monoisotopic (exact) mass is 575 g/mol. The topological polar surface area (TPSA) is 150 Å². The lowest BCUT2D eigenvalue weighted by Crippen LogP contribution is -2.63. The molecule has 0 bridgehead atoms. The maximum absolute atomic E-state index is 13.1. The molecule has 1 fully saturated rings. The summed E-state index contributed by atoms with van der Waals surface area (Å²) in [5.41, 5.74) is 2.71. The van der Waals surface area contributed by atoms with Crippen LogP contribution in [0, 0.1) is 28.1 Å². The van der Waals surface area contributed by atoms with Gasteiger partial charge in [0.15, 0.2) is 0 Å². The number of hydrogen-bond donors (Lipinski definition) is 3. The molecule has 4 rings (SSSR count). The van der Waals surface area contributed by atoms with Crippen LogP contribution in [0.2, 0.25) is 0 Å². The number of urea groups is 1. The average Bonchev–Trinajstić information content (AvgIpc) is 3.02. The van der Waals surface area contributed by atoms with Gasteiger partial charge >= 0.3 is 6.03 Å². The molecule has 0 unspecified atom stereocenters. The third-order valence-corrected chi connectivity index (χ3v) is 7.35. The Balaban J connectivity index is 1.51. The Bertz CT molecular complexity index is 1490. The second kappa shape index (κ2) is 13.9. The lowest BCUT2D eigenvalue weighted by Gasteiger charge is -2.35. The third kappa shape index (κ3) is 7.06. The van der Waals surface area contributed by atoms with Gasteiger partial charge in [-0.2, -0.15) is 15.5 Å².